The van der Waals surface area contributed by atoms with Crippen LogP contribution in [0.2, 0.25) is 0 Å². The third-order valence-corrected chi connectivity index (χ3v) is 2.81. The number of benzene rings is 1. The second kappa shape index (κ2) is 6.62. The Balaban J connectivity index is 0.00000144. The number of halogens is 1. The van der Waals surface area contributed by atoms with Crippen molar-refractivity contribution in [3.63, 3.8) is 0 Å². The smallest absolute Gasteiger partial charge is 0.323 e. The van der Waals surface area contributed by atoms with Crippen LogP contribution in [0.3, 0.4) is 0 Å². The molecule has 94 valence electrons. The summed E-state index contributed by atoms with van der Waals surface area (Å²) in [5.74, 6) is 0.370. The summed E-state index contributed by atoms with van der Waals surface area (Å²) in [6.07, 6.45) is 3.19. The fourth-order valence-corrected chi connectivity index (χ4v) is 1.64. The summed E-state index contributed by atoms with van der Waals surface area (Å²) in [6.45, 7) is 0.317. The third-order valence-electron chi connectivity index (χ3n) is 2.81. The van der Waals surface area contributed by atoms with E-state index in [0.717, 1.165) is 12.0 Å². The molecule has 1 aliphatic carbocycles. The van der Waals surface area contributed by atoms with Crippen LogP contribution in [-0.2, 0) is 16.1 Å². The van der Waals surface area contributed by atoms with Gasteiger partial charge in [0.15, 0.2) is 0 Å². The number of ether oxygens (including phenoxy) is 1. The van der Waals surface area contributed by atoms with E-state index in [0.29, 0.717) is 12.5 Å². The molecule has 0 unspecified atom stereocenters. The summed E-state index contributed by atoms with van der Waals surface area (Å²) in [6, 6.07) is 9.20. The number of carbonyl (C=O) groups excluding carboxylic acids is 1. The van der Waals surface area contributed by atoms with E-state index in [-0.39, 0.29) is 18.4 Å². The van der Waals surface area contributed by atoms with Crippen LogP contribution >= 0.6 is 12.4 Å². The molecule has 0 aliphatic heterocycles. The number of esters is 1. The van der Waals surface area contributed by atoms with E-state index >= 15 is 0 Å². The number of hydrogen-bond acceptors (Lipinski definition) is 3. The quantitative estimate of drug-likeness (QED) is 0.822. The zero-order chi connectivity index (χ0) is 11.4. The van der Waals surface area contributed by atoms with Gasteiger partial charge in [0, 0.05) is 0 Å². The van der Waals surface area contributed by atoms with Crippen LogP contribution in [0.15, 0.2) is 30.3 Å². The topological polar surface area (TPSA) is 52.3 Å². The Morgan fingerprint density at radius 3 is 2.59 bits per heavy atom. The van der Waals surface area contributed by atoms with E-state index in [1.807, 2.05) is 30.3 Å². The highest BCUT2D eigenvalue weighted by molar-refractivity contribution is 5.85. The molecule has 1 saturated carbocycles. The molecule has 2 rings (SSSR count). The zero-order valence-electron chi connectivity index (χ0n) is 9.67. The normalized spacial score (nSPS) is 15.8. The maximum Gasteiger partial charge on any atom is 0.323 e. The van der Waals surface area contributed by atoms with Gasteiger partial charge < -0.3 is 10.5 Å². The van der Waals surface area contributed by atoms with Crippen LogP contribution in [0, 0.1) is 5.92 Å². The number of nitrogens with two attached hydrogens (primary N) is 1. The lowest BCUT2D eigenvalue weighted by Crippen LogP contribution is -2.32. The molecule has 1 aliphatic rings. The van der Waals surface area contributed by atoms with E-state index in [1.165, 1.54) is 12.8 Å². The second-order valence-electron chi connectivity index (χ2n) is 4.38. The van der Waals surface area contributed by atoms with Gasteiger partial charge in [-0.2, -0.15) is 0 Å². The van der Waals surface area contributed by atoms with Crippen LogP contribution < -0.4 is 5.73 Å². The zero-order valence-corrected chi connectivity index (χ0v) is 10.5. The van der Waals surface area contributed by atoms with Gasteiger partial charge in [0.1, 0.15) is 12.6 Å². The summed E-state index contributed by atoms with van der Waals surface area (Å²) in [5.41, 5.74) is 6.74. The van der Waals surface area contributed by atoms with Crippen LogP contribution in [0.1, 0.15) is 24.8 Å². The molecule has 0 radical (unpaired) electrons. The molecule has 2 N–H and O–H groups in total. The Hall–Kier alpha value is -1.06. The van der Waals surface area contributed by atoms with Crippen molar-refractivity contribution in [2.75, 3.05) is 0 Å². The van der Waals surface area contributed by atoms with Gasteiger partial charge in [-0.1, -0.05) is 43.2 Å². The molecule has 1 aromatic carbocycles. The van der Waals surface area contributed by atoms with E-state index in [1.54, 1.807) is 0 Å². The Morgan fingerprint density at radius 2 is 2.00 bits per heavy atom. The van der Waals surface area contributed by atoms with Gasteiger partial charge in [-0.05, 0) is 17.9 Å². The monoisotopic (exact) mass is 255 g/mol. The summed E-state index contributed by atoms with van der Waals surface area (Å²) in [7, 11) is 0. The Kier molecular flexibility index (Phi) is 5.45. The van der Waals surface area contributed by atoms with Crippen molar-refractivity contribution in [2.24, 2.45) is 11.7 Å². The van der Waals surface area contributed by atoms with Gasteiger partial charge in [0.2, 0.25) is 0 Å². The van der Waals surface area contributed by atoms with Crippen molar-refractivity contribution in [3.8, 4) is 0 Å². The van der Waals surface area contributed by atoms with Gasteiger partial charge in [-0.3, -0.25) is 4.79 Å². The fourth-order valence-electron chi connectivity index (χ4n) is 1.64. The first kappa shape index (κ1) is 14.0. The summed E-state index contributed by atoms with van der Waals surface area (Å²) < 4.78 is 5.15. The lowest BCUT2D eigenvalue weighted by Gasteiger charge is -2.10. The summed E-state index contributed by atoms with van der Waals surface area (Å²) >= 11 is 0. The molecule has 1 aromatic rings. The minimum Gasteiger partial charge on any atom is -0.460 e. The predicted molar refractivity (Wildman–Crippen MR) is 68.8 cm³/mol. The maximum absolute atomic E-state index is 11.5. The molecular weight excluding hydrogens is 238 g/mol. The minimum absolute atomic E-state index is 0. The SMILES string of the molecule is Cl.N[C@@H](CC1CC1)C(=O)OCc1ccccc1. The summed E-state index contributed by atoms with van der Waals surface area (Å²) in [4.78, 5) is 11.5. The van der Waals surface area contributed by atoms with Crippen molar-refractivity contribution in [1.82, 2.24) is 0 Å². The molecule has 0 amide bonds. The van der Waals surface area contributed by atoms with Gasteiger partial charge >= 0.3 is 5.97 Å². The molecule has 0 spiro atoms. The van der Waals surface area contributed by atoms with E-state index in [4.69, 9.17) is 10.5 Å². The number of rotatable bonds is 5. The Labute approximate surface area is 108 Å². The van der Waals surface area contributed by atoms with Gasteiger partial charge in [-0.25, -0.2) is 0 Å². The first-order valence-corrected chi connectivity index (χ1v) is 5.72. The first-order chi connectivity index (χ1) is 7.75. The lowest BCUT2D eigenvalue weighted by atomic mass is 10.1. The fraction of sp³-hybridized carbons (Fsp3) is 0.462. The lowest BCUT2D eigenvalue weighted by molar-refractivity contribution is -0.146. The van der Waals surface area contributed by atoms with Crippen LogP contribution in [0.5, 0.6) is 0 Å². The van der Waals surface area contributed by atoms with Gasteiger partial charge in [0.25, 0.3) is 0 Å². The average Bonchev–Trinajstić information content (AvgIpc) is 3.11. The molecule has 4 heteroatoms. The number of carbonyl (C=O) groups is 1. The van der Waals surface area contributed by atoms with Gasteiger partial charge in [0.05, 0.1) is 0 Å². The van der Waals surface area contributed by atoms with E-state index in [2.05, 4.69) is 0 Å². The highest BCUT2D eigenvalue weighted by Crippen LogP contribution is 2.33. The molecule has 0 aromatic heterocycles. The highest BCUT2D eigenvalue weighted by Gasteiger charge is 2.27. The Bertz CT molecular complexity index is 352. The largest absolute Gasteiger partial charge is 0.460 e. The molecule has 1 atom stereocenters. The van der Waals surface area contributed by atoms with E-state index < -0.39 is 6.04 Å². The van der Waals surface area contributed by atoms with Crippen LogP contribution in [0.4, 0.5) is 0 Å². The molecule has 0 saturated heterocycles. The molecule has 1 fully saturated rings. The van der Waals surface area contributed by atoms with Crippen LogP contribution in [0.25, 0.3) is 0 Å². The van der Waals surface area contributed by atoms with Crippen molar-refractivity contribution < 1.29 is 9.53 Å². The minimum atomic E-state index is -0.448. The summed E-state index contributed by atoms with van der Waals surface area (Å²) in [5, 5.41) is 0. The molecule has 0 bridgehead atoms. The molecule has 17 heavy (non-hydrogen) atoms. The van der Waals surface area contributed by atoms with Crippen molar-refractivity contribution in [1.29, 1.82) is 0 Å². The molecule has 0 heterocycles. The van der Waals surface area contributed by atoms with Crippen molar-refractivity contribution >= 4 is 18.4 Å². The van der Waals surface area contributed by atoms with Crippen molar-refractivity contribution in [2.45, 2.75) is 31.9 Å². The molecule has 3 nitrogen and oxygen atoms in total. The van der Waals surface area contributed by atoms with Gasteiger partial charge in [-0.15, -0.1) is 12.4 Å². The molecular formula is C13H18ClNO2. The average molecular weight is 256 g/mol. The highest BCUT2D eigenvalue weighted by atomic mass is 35.5. The van der Waals surface area contributed by atoms with Crippen LogP contribution in [-0.4, -0.2) is 12.0 Å². The van der Waals surface area contributed by atoms with E-state index in [9.17, 15) is 4.79 Å². The Morgan fingerprint density at radius 1 is 1.35 bits per heavy atom. The van der Waals surface area contributed by atoms with Crippen molar-refractivity contribution in [3.05, 3.63) is 35.9 Å². The standard InChI is InChI=1S/C13H17NO2.ClH/c14-12(8-10-6-7-10)13(15)16-9-11-4-2-1-3-5-11;/h1-5,10,12H,6-9,14H2;1H/t12-;/m0./s1. The maximum atomic E-state index is 11.5. The first-order valence-electron chi connectivity index (χ1n) is 5.72. The predicted octanol–water partition coefficient (Wildman–Crippen LogP) is 2.28. The third kappa shape index (κ3) is 4.75. The number of hydrogen-bond donors (Lipinski definition) is 1. The second-order valence-corrected chi connectivity index (χ2v) is 4.38.